The molecule has 0 fully saturated rings. The molecule has 0 radical (unpaired) electrons. The van der Waals surface area contributed by atoms with Crippen molar-refractivity contribution in [3.63, 3.8) is 0 Å². The topological polar surface area (TPSA) is 43.8 Å². The van der Waals surface area contributed by atoms with Crippen LogP contribution in [0.3, 0.4) is 0 Å². The third kappa shape index (κ3) is 2.94. The zero-order valence-electron chi connectivity index (χ0n) is 10.6. The number of nitrogens with two attached hydrogens (primary N) is 1. The summed E-state index contributed by atoms with van der Waals surface area (Å²) in [5.41, 5.74) is 9.32. The van der Waals surface area contributed by atoms with E-state index in [2.05, 4.69) is 29.4 Å². The molecule has 3 heteroatoms. The zero-order valence-corrected chi connectivity index (χ0v) is 10.6. The molecule has 0 aliphatic carbocycles. The van der Waals surface area contributed by atoms with Gasteiger partial charge in [0.1, 0.15) is 0 Å². The molecule has 0 atom stereocenters. The van der Waals surface area contributed by atoms with Crippen LogP contribution in [0.1, 0.15) is 25.1 Å². The predicted octanol–water partition coefficient (Wildman–Crippen LogP) is 2.46. The summed E-state index contributed by atoms with van der Waals surface area (Å²) in [5, 5.41) is 4.28. The van der Waals surface area contributed by atoms with Crippen molar-refractivity contribution in [1.29, 1.82) is 0 Å². The van der Waals surface area contributed by atoms with E-state index in [0.29, 0.717) is 0 Å². The second-order valence-electron chi connectivity index (χ2n) is 5.22. The molecule has 0 spiro atoms. The second-order valence-corrected chi connectivity index (χ2v) is 5.22. The van der Waals surface area contributed by atoms with Gasteiger partial charge in [-0.15, -0.1) is 0 Å². The smallest absolute Gasteiger partial charge is 0.0648 e. The number of aromatic nitrogens is 2. The van der Waals surface area contributed by atoms with Gasteiger partial charge in [0.05, 0.1) is 5.69 Å². The van der Waals surface area contributed by atoms with Gasteiger partial charge in [-0.05, 0) is 51.0 Å². The first-order chi connectivity index (χ1) is 7.96. The number of nitrogens with zero attached hydrogens (tertiary/aromatic N) is 2. The summed E-state index contributed by atoms with van der Waals surface area (Å²) in [6.45, 7) is 6.13. The Labute approximate surface area is 102 Å². The summed E-state index contributed by atoms with van der Waals surface area (Å²) in [6.07, 6.45) is 2.69. The van der Waals surface area contributed by atoms with Gasteiger partial charge < -0.3 is 5.73 Å². The Balaban J connectivity index is 2.22. The molecule has 2 aromatic rings. The molecule has 0 aliphatic heterocycles. The fraction of sp³-hybridized carbons (Fsp3) is 0.357. The van der Waals surface area contributed by atoms with Crippen LogP contribution >= 0.6 is 0 Å². The summed E-state index contributed by atoms with van der Waals surface area (Å²) in [7, 11) is 0. The van der Waals surface area contributed by atoms with E-state index in [0.717, 1.165) is 17.8 Å². The molecule has 1 aromatic heterocycles. The number of benzene rings is 1. The normalized spacial score (nSPS) is 11.8. The highest BCUT2D eigenvalue weighted by Gasteiger charge is 2.11. The first-order valence-electron chi connectivity index (χ1n) is 5.84. The van der Waals surface area contributed by atoms with E-state index in [1.165, 1.54) is 5.56 Å². The molecule has 1 heterocycles. The first-order valence-corrected chi connectivity index (χ1v) is 5.84. The van der Waals surface area contributed by atoms with Gasteiger partial charge >= 0.3 is 0 Å². The summed E-state index contributed by atoms with van der Waals surface area (Å²) in [4.78, 5) is 0. The fourth-order valence-corrected chi connectivity index (χ4v) is 1.92. The third-order valence-corrected chi connectivity index (χ3v) is 2.67. The Morgan fingerprint density at radius 3 is 2.29 bits per heavy atom. The quantitative estimate of drug-likeness (QED) is 0.878. The van der Waals surface area contributed by atoms with Gasteiger partial charge in [0.15, 0.2) is 0 Å². The maximum absolute atomic E-state index is 6.01. The van der Waals surface area contributed by atoms with Crippen molar-refractivity contribution in [2.45, 2.75) is 32.7 Å². The Bertz CT molecular complexity index is 489. The van der Waals surface area contributed by atoms with E-state index in [4.69, 9.17) is 5.73 Å². The Hall–Kier alpha value is -1.61. The highest BCUT2D eigenvalue weighted by Crippen LogP contribution is 2.14. The molecule has 3 nitrogen and oxygen atoms in total. The van der Waals surface area contributed by atoms with Crippen LogP contribution in [0.15, 0.2) is 36.5 Å². The Morgan fingerprint density at radius 2 is 1.82 bits per heavy atom. The van der Waals surface area contributed by atoms with Crippen LogP contribution in [0, 0.1) is 6.92 Å². The summed E-state index contributed by atoms with van der Waals surface area (Å²) >= 11 is 0. The van der Waals surface area contributed by atoms with Gasteiger partial charge in [-0.2, -0.15) is 5.10 Å². The lowest BCUT2D eigenvalue weighted by Crippen LogP contribution is -2.34. The van der Waals surface area contributed by atoms with E-state index >= 15 is 0 Å². The first kappa shape index (κ1) is 11.9. The molecule has 0 aliphatic rings. The molecule has 0 amide bonds. The maximum Gasteiger partial charge on any atom is 0.0648 e. The Morgan fingerprint density at radius 1 is 1.18 bits per heavy atom. The monoisotopic (exact) mass is 229 g/mol. The second kappa shape index (κ2) is 4.34. The van der Waals surface area contributed by atoms with Crippen LogP contribution in [-0.4, -0.2) is 15.3 Å². The molecule has 2 N–H and O–H groups in total. The minimum absolute atomic E-state index is 0.164. The molecular weight excluding hydrogens is 210 g/mol. The van der Waals surface area contributed by atoms with Crippen LogP contribution in [-0.2, 0) is 6.42 Å². The molecule has 0 unspecified atom stereocenters. The standard InChI is InChI=1S/C14H19N3/c1-11-8-9-16-17(11)13-6-4-12(5-7-13)10-14(2,3)15/h4-9H,10,15H2,1-3H3. The SMILES string of the molecule is Cc1ccnn1-c1ccc(CC(C)(C)N)cc1. The molecule has 2 rings (SSSR count). The van der Waals surface area contributed by atoms with Crippen LogP contribution in [0.25, 0.3) is 5.69 Å². The highest BCUT2D eigenvalue weighted by atomic mass is 15.3. The summed E-state index contributed by atoms with van der Waals surface area (Å²) in [6, 6.07) is 10.4. The average molecular weight is 229 g/mol. The van der Waals surface area contributed by atoms with Crippen LogP contribution < -0.4 is 5.73 Å². The van der Waals surface area contributed by atoms with E-state index in [9.17, 15) is 0 Å². The van der Waals surface area contributed by atoms with Gasteiger partial charge in [0, 0.05) is 17.4 Å². The van der Waals surface area contributed by atoms with E-state index < -0.39 is 0 Å². The van der Waals surface area contributed by atoms with Gasteiger partial charge in [-0.3, -0.25) is 0 Å². The van der Waals surface area contributed by atoms with Crippen molar-refractivity contribution in [2.75, 3.05) is 0 Å². The van der Waals surface area contributed by atoms with Crippen molar-refractivity contribution < 1.29 is 0 Å². The summed E-state index contributed by atoms with van der Waals surface area (Å²) in [5.74, 6) is 0. The minimum atomic E-state index is -0.164. The molecule has 1 aromatic carbocycles. The number of aryl methyl sites for hydroxylation is 1. The fourth-order valence-electron chi connectivity index (χ4n) is 1.92. The lowest BCUT2D eigenvalue weighted by atomic mass is 9.96. The lowest BCUT2D eigenvalue weighted by molar-refractivity contribution is 0.517. The number of hydrogen-bond acceptors (Lipinski definition) is 2. The molecular formula is C14H19N3. The summed E-state index contributed by atoms with van der Waals surface area (Å²) < 4.78 is 1.93. The molecule has 0 saturated heterocycles. The molecule has 90 valence electrons. The lowest BCUT2D eigenvalue weighted by Gasteiger charge is -2.18. The van der Waals surface area contributed by atoms with Gasteiger partial charge in [0.2, 0.25) is 0 Å². The van der Waals surface area contributed by atoms with Crippen molar-refractivity contribution in [1.82, 2.24) is 9.78 Å². The average Bonchev–Trinajstić information content (AvgIpc) is 2.63. The van der Waals surface area contributed by atoms with Crippen molar-refractivity contribution in [2.24, 2.45) is 5.73 Å². The largest absolute Gasteiger partial charge is 0.325 e. The minimum Gasteiger partial charge on any atom is -0.325 e. The van der Waals surface area contributed by atoms with E-state index in [1.807, 2.05) is 37.7 Å². The third-order valence-electron chi connectivity index (χ3n) is 2.67. The van der Waals surface area contributed by atoms with Crippen molar-refractivity contribution in [3.05, 3.63) is 47.8 Å². The molecule has 17 heavy (non-hydrogen) atoms. The number of hydrogen-bond donors (Lipinski definition) is 1. The maximum atomic E-state index is 6.01. The van der Waals surface area contributed by atoms with Gasteiger partial charge in [-0.1, -0.05) is 12.1 Å². The van der Waals surface area contributed by atoms with Gasteiger partial charge in [0.25, 0.3) is 0 Å². The van der Waals surface area contributed by atoms with Crippen molar-refractivity contribution >= 4 is 0 Å². The Kier molecular flexibility index (Phi) is 3.03. The highest BCUT2D eigenvalue weighted by molar-refractivity contribution is 5.35. The van der Waals surface area contributed by atoms with Crippen LogP contribution in [0.4, 0.5) is 0 Å². The van der Waals surface area contributed by atoms with E-state index in [1.54, 1.807) is 0 Å². The zero-order chi connectivity index (χ0) is 12.5. The molecule has 0 bridgehead atoms. The van der Waals surface area contributed by atoms with E-state index in [-0.39, 0.29) is 5.54 Å². The van der Waals surface area contributed by atoms with Crippen molar-refractivity contribution in [3.8, 4) is 5.69 Å². The van der Waals surface area contributed by atoms with Crippen LogP contribution in [0.5, 0.6) is 0 Å². The van der Waals surface area contributed by atoms with Gasteiger partial charge in [-0.25, -0.2) is 4.68 Å². The molecule has 0 saturated carbocycles. The predicted molar refractivity (Wildman–Crippen MR) is 70.3 cm³/mol. The number of rotatable bonds is 3. The van der Waals surface area contributed by atoms with Crippen LogP contribution in [0.2, 0.25) is 0 Å².